The number of ether oxygens (including phenoxy) is 1. The molecule has 1 aromatic carbocycles. The van der Waals surface area contributed by atoms with E-state index in [4.69, 9.17) is 9.84 Å². The molecule has 2 rings (SSSR count). The van der Waals surface area contributed by atoms with Crippen molar-refractivity contribution in [2.75, 3.05) is 0 Å². The molecule has 1 aromatic heterocycles. The predicted molar refractivity (Wildman–Crippen MR) is 88.6 cm³/mol. The van der Waals surface area contributed by atoms with Crippen LogP contribution in [0.3, 0.4) is 0 Å². The molecule has 0 aliphatic rings. The third-order valence-corrected chi connectivity index (χ3v) is 3.38. The summed E-state index contributed by atoms with van der Waals surface area (Å²) < 4.78 is 5.69. The number of carboxylic acids is 1. The van der Waals surface area contributed by atoms with Gasteiger partial charge in [-0.15, -0.1) is 0 Å². The van der Waals surface area contributed by atoms with E-state index in [0.717, 1.165) is 11.1 Å². The van der Waals surface area contributed by atoms with Gasteiger partial charge < -0.3 is 15.2 Å². The molecule has 0 bridgehead atoms. The molecule has 1 amide bonds. The standard InChI is InChI=1S/C18H20N2O4/c1-18(2,17(22)23)20-16(21)10-13-5-3-7-15(9-13)24-12-14-6-4-8-19-11-14/h3-9,11H,10,12H2,1-2H3,(H,20,21)(H,22,23). The lowest BCUT2D eigenvalue weighted by Gasteiger charge is -2.21. The summed E-state index contributed by atoms with van der Waals surface area (Å²) in [6, 6.07) is 10.9. The van der Waals surface area contributed by atoms with Gasteiger partial charge in [-0.25, -0.2) is 4.79 Å². The molecule has 0 atom stereocenters. The second-order valence-electron chi connectivity index (χ2n) is 5.95. The van der Waals surface area contributed by atoms with E-state index in [1.165, 1.54) is 13.8 Å². The lowest BCUT2D eigenvalue weighted by Crippen LogP contribution is -2.50. The Balaban J connectivity index is 1.95. The molecule has 6 heteroatoms. The van der Waals surface area contributed by atoms with Crippen molar-refractivity contribution in [3.05, 3.63) is 59.9 Å². The van der Waals surface area contributed by atoms with Crippen LogP contribution in [0.5, 0.6) is 5.75 Å². The van der Waals surface area contributed by atoms with E-state index in [1.807, 2.05) is 12.1 Å². The zero-order valence-corrected chi connectivity index (χ0v) is 13.7. The highest BCUT2D eigenvalue weighted by Gasteiger charge is 2.28. The number of amides is 1. The minimum Gasteiger partial charge on any atom is -0.489 e. The number of benzene rings is 1. The van der Waals surface area contributed by atoms with Gasteiger partial charge in [0.25, 0.3) is 0 Å². The van der Waals surface area contributed by atoms with Gasteiger partial charge >= 0.3 is 5.97 Å². The van der Waals surface area contributed by atoms with Crippen molar-refractivity contribution < 1.29 is 19.4 Å². The number of carboxylic acid groups (broad SMARTS) is 1. The third-order valence-electron chi connectivity index (χ3n) is 3.38. The molecular formula is C18H20N2O4. The fourth-order valence-electron chi connectivity index (χ4n) is 2.03. The number of carbonyl (C=O) groups excluding carboxylic acids is 1. The summed E-state index contributed by atoms with van der Waals surface area (Å²) >= 11 is 0. The van der Waals surface area contributed by atoms with Gasteiger partial charge in [0, 0.05) is 18.0 Å². The van der Waals surface area contributed by atoms with Gasteiger partial charge in [0.2, 0.25) is 5.91 Å². The van der Waals surface area contributed by atoms with E-state index in [-0.39, 0.29) is 12.3 Å². The Hall–Kier alpha value is -2.89. The normalized spacial score (nSPS) is 10.9. The average Bonchev–Trinajstić information content (AvgIpc) is 2.53. The number of aromatic nitrogens is 1. The molecule has 2 N–H and O–H groups in total. The van der Waals surface area contributed by atoms with Gasteiger partial charge in [-0.05, 0) is 37.6 Å². The number of hydrogen-bond donors (Lipinski definition) is 2. The zero-order chi connectivity index (χ0) is 17.6. The molecular weight excluding hydrogens is 308 g/mol. The minimum atomic E-state index is -1.30. The molecule has 0 fully saturated rings. The molecule has 24 heavy (non-hydrogen) atoms. The van der Waals surface area contributed by atoms with Gasteiger partial charge in [0.1, 0.15) is 17.9 Å². The molecule has 0 spiro atoms. The van der Waals surface area contributed by atoms with E-state index < -0.39 is 11.5 Å². The highest BCUT2D eigenvalue weighted by atomic mass is 16.5. The van der Waals surface area contributed by atoms with Crippen molar-refractivity contribution in [3.8, 4) is 5.75 Å². The van der Waals surface area contributed by atoms with Crippen LogP contribution >= 0.6 is 0 Å². The molecule has 0 aliphatic heterocycles. The van der Waals surface area contributed by atoms with Crippen molar-refractivity contribution in [3.63, 3.8) is 0 Å². The molecule has 0 aliphatic carbocycles. The smallest absolute Gasteiger partial charge is 0.328 e. The Morgan fingerprint density at radius 1 is 1.21 bits per heavy atom. The minimum absolute atomic E-state index is 0.0841. The van der Waals surface area contributed by atoms with Crippen molar-refractivity contribution >= 4 is 11.9 Å². The lowest BCUT2D eigenvalue weighted by atomic mass is 10.0. The van der Waals surface area contributed by atoms with Crippen LogP contribution < -0.4 is 10.1 Å². The van der Waals surface area contributed by atoms with Gasteiger partial charge in [0.15, 0.2) is 0 Å². The molecule has 0 saturated carbocycles. The summed E-state index contributed by atoms with van der Waals surface area (Å²) in [5, 5.41) is 11.5. The first-order valence-electron chi connectivity index (χ1n) is 7.52. The number of hydrogen-bond acceptors (Lipinski definition) is 4. The summed E-state index contributed by atoms with van der Waals surface area (Å²) in [6.07, 6.45) is 3.51. The number of aliphatic carboxylic acids is 1. The van der Waals surface area contributed by atoms with Gasteiger partial charge in [-0.3, -0.25) is 9.78 Å². The van der Waals surface area contributed by atoms with Crippen LogP contribution in [0, 0.1) is 0 Å². The van der Waals surface area contributed by atoms with E-state index in [2.05, 4.69) is 10.3 Å². The van der Waals surface area contributed by atoms with Crippen molar-refractivity contribution in [1.29, 1.82) is 0 Å². The number of pyridine rings is 1. The van der Waals surface area contributed by atoms with E-state index in [0.29, 0.717) is 12.4 Å². The largest absolute Gasteiger partial charge is 0.489 e. The van der Waals surface area contributed by atoms with Gasteiger partial charge in [-0.2, -0.15) is 0 Å². The Kier molecular flexibility index (Phi) is 5.52. The second kappa shape index (κ2) is 7.59. The Morgan fingerprint density at radius 2 is 1.96 bits per heavy atom. The van der Waals surface area contributed by atoms with E-state index >= 15 is 0 Å². The summed E-state index contributed by atoms with van der Waals surface area (Å²) in [6.45, 7) is 3.27. The molecule has 6 nitrogen and oxygen atoms in total. The lowest BCUT2D eigenvalue weighted by molar-refractivity contribution is -0.145. The first-order chi connectivity index (χ1) is 11.4. The summed E-state index contributed by atoms with van der Waals surface area (Å²) in [4.78, 5) is 27.1. The molecule has 0 unspecified atom stereocenters. The van der Waals surface area contributed by atoms with Crippen molar-refractivity contribution in [2.45, 2.75) is 32.4 Å². The van der Waals surface area contributed by atoms with Crippen LogP contribution in [0.4, 0.5) is 0 Å². The Labute approximate surface area is 140 Å². The number of nitrogens with one attached hydrogen (secondary N) is 1. The van der Waals surface area contributed by atoms with E-state index in [9.17, 15) is 9.59 Å². The van der Waals surface area contributed by atoms with Crippen molar-refractivity contribution in [2.24, 2.45) is 0 Å². The highest BCUT2D eigenvalue weighted by Crippen LogP contribution is 2.16. The third kappa shape index (κ3) is 5.08. The summed E-state index contributed by atoms with van der Waals surface area (Å²) in [5.74, 6) is -0.794. The molecule has 0 radical (unpaired) electrons. The number of carbonyl (C=O) groups is 2. The summed E-state index contributed by atoms with van der Waals surface area (Å²) in [5.41, 5.74) is 0.395. The zero-order valence-electron chi connectivity index (χ0n) is 13.7. The Morgan fingerprint density at radius 3 is 2.62 bits per heavy atom. The van der Waals surface area contributed by atoms with Crippen LogP contribution in [-0.2, 0) is 22.6 Å². The topological polar surface area (TPSA) is 88.5 Å². The SMILES string of the molecule is CC(C)(NC(=O)Cc1cccc(OCc2cccnc2)c1)C(=O)O. The van der Waals surface area contributed by atoms with Crippen LogP contribution in [0.25, 0.3) is 0 Å². The maximum atomic E-state index is 12.0. The predicted octanol–water partition coefficient (Wildman–Crippen LogP) is 2.18. The maximum absolute atomic E-state index is 12.0. The monoisotopic (exact) mass is 328 g/mol. The Bertz CT molecular complexity index is 714. The molecule has 1 heterocycles. The average molecular weight is 328 g/mol. The highest BCUT2D eigenvalue weighted by molar-refractivity contribution is 5.87. The fraction of sp³-hybridized carbons (Fsp3) is 0.278. The van der Waals surface area contributed by atoms with Gasteiger partial charge in [0.05, 0.1) is 6.42 Å². The van der Waals surface area contributed by atoms with Gasteiger partial charge in [-0.1, -0.05) is 18.2 Å². The quantitative estimate of drug-likeness (QED) is 0.813. The van der Waals surface area contributed by atoms with Crippen LogP contribution in [-0.4, -0.2) is 27.5 Å². The fourth-order valence-corrected chi connectivity index (χ4v) is 2.03. The first kappa shape index (κ1) is 17.5. The number of rotatable bonds is 7. The van der Waals surface area contributed by atoms with Crippen LogP contribution in [0.1, 0.15) is 25.0 Å². The molecule has 0 saturated heterocycles. The maximum Gasteiger partial charge on any atom is 0.328 e. The first-order valence-corrected chi connectivity index (χ1v) is 7.52. The molecule has 2 aromatic rings. The second-order valence-corrected chi connectivity index (χ2v) is 5.95. The number of nitrogens with zero attached hydrogens (tertiary/aromatic N) is 1. The summed E-state index contributed by atoms with van der Waals surface area (Å²) in [7, 11) is 0. The van der Waals surface area contributed by atoms with Crippen LogP contribution in [0.15, 0.2) is 48.8 Å². The van der Waals surface area contributed by atoms with Crippen molar-refractivity contribution in [1.82, 2.24) is 10.3 Å². The molecule has 126 valence electrons. The van der Waals surface area contributed by atoms with Crippen LogP contribution in [0.2, 0.25) is 0 Å². The van der Waals surface area contributed by atoms with E-state index in [1.54, 1.807) is 36.7 Å².